The van der Waals surface area contributed by atoms with Gasteiger partial charge >= 0.3 is 5.97 Å². The zero-order valence-electron chi connectivity index (χ0n) is 18.1. The molecule has 0 aliphatic rings. The fourth-order valence-corrected chi connectivity index (χ4v) is 4.14. The number of carbonyl (C=O) groups excluding carboxylic acids is 2. The zero-order chi connectivity index (χ0) is 22.5. The number of amides is 1. The van der Waals surface area contributed by atoms with Gasteiger partial charge in [-0.05, 0) is 38.7 Å². The minimum atomic E-state index is -0.858. The lowest BCUT2D eigenvalue weighted by molar-refractivity contribution is -0.146. The molecule has 0 spiro atoms. The van der Waals surface area contributed by atoms with Crippen LogP contribution in [-0.2, 0) is 25.5 Å². The summed E-state index contributed by atoms with van der Waals surface area (Å²) in [6, 6.07) is 26.6. The van der Waals surface area contributed by atoms with Crippen molar-refractivity contribution in [3.05, 3.63) is 96.1 Å². The number of rotatable bonds is 7. The van der Waals surface area contributed by atoms with E-state index in [0.717, 1.165) is 27.1 Å². The first-order chi connectivity index (χ1) is 15.6. The highest BCUT2D eigenvalue weighted by Gasteiger charge is 2.28. The SMILES string of the molecule is COC(=O)[C@H](Cc1c2ccccc2cc2ccccc12)NC(=O)[C@@H](OC)c1ccccc1. The van der Waals surface area contributed by atoms with Gasteiger partial charge in [-0.1, -0.05) is 78.9 Å². The predicted octanol–water partition coefficient (Wildman–Crippen LogP) is 4.58. The highest BCUT2D eigenvalue weighted by atomic mass is 16.5. The van der Waals surface area contributed by atoms with Crippen LogP contribution in [0, 0.1) is 0 Å². The molecule has 32 heavy (non-hydrogen) atoms. The van der Waals surface area contributed by atoms with Gasteiger partial charge in [0.05, 0.1) is 7.11 Å². The molecule has 2 atom stereocenters. The molecule has 0 saturated carbocycles. The fourth-order valence-electron chi connectivity index (χ4n) is 4.14. The number of fused-ring (bicyclic) bond motifs is 2. The first-order valence-corrected chi connectivity index (χ1v) is 10.5. The van der Waals surface area contributed by atoms with Gasteiger partial charge in [-0.25, -0.2) is 4.79 Å². The van der Waals surface area contributed by atoms with Gasteiger partial charge in [-0.2, -0.15) is 0 Å². The van der Waals surface area contributed by atoms with Crippen LogP contribution in [0.15, 0.2) is 84.9 Å². The molecule has 4 aromatic rings. The van der Waals surface area contributed by atoms with Crippen molar-refractivity contribution < 1.29 is 19.1 Å². The van der Waals surface area contributed by atoms with Gasteiger partial charge in [0, 0.05) is 13.5 Å². The molecule has 0 heterocycles. The molecule has 0 radical (unpaired) electrons. The molecule has 0 aliphatic heterocycles. The Hall–Kier alpha value is -3.70. The summed E-state index contributed by atoms with van der Waals surface area (Å²) < 4.78 is 10.5. The van der Waals surface area contributed by atoms with Crippen molar-refractivity contribution in [3.8, 4) is 0 Å². The van der Waals surface area contributed by atoms with Crippen LogP contribution in [0.25, 0.3) is 21.5 Å². The van der Waals surface area contributed by atoms with E-state index >= 15 is 0 Å². The molecule has 4 rings (SSSR count). The van der Waals surface area contributed by atoms with Crippen LogP contribution in [0.2, 0.25) is 0 Å². The van der Waals surface area contributed by atoms with Crippen LogP contribution in [0.1, 0.15) is 17.2 Å². The Balaban J connectivity index is 1.71. The summed E-state index contributed by atoms with van der Waals surface area (Å²) in [4.78, 5) is 25.8. The first-order valence-electron chi connectivity index (χ1n) is 10.5. The lowest BCUT2D eigenvalue weighted by Gasteiger charge is -2.22. The minimum absolute atomic E-state index is 0.297. The molecule has 4 aromatic carbocycles. The van der Waals surface area contributed by atoms with Gasteiger partial charge in [0.15, 0.2) is 6.10 Å². The molecule has 5 heteroatoms. The van der Waals surface area contributed by atoms with Crippen molar-refractivity contribution in [2.75, 3.05) is 14.2 Å². The third kappa shape index (κ3) is 4.34. The van der Waals surface area contributed by atoms with Crippen LogP contribution >= 0.6 is 0 Å². The average Bonchev–Trinajstić information content (AvgIpc) is 2.84. The van der Waals surface area contributed by atoms with E-state index in [1.807, 2.05) is 78.9 Å². The van der Waals surface area contributed by atoms with Crippen molar-refractivity contribution in [3.63, 3.8) is 0 Å². The summed E-state index contributed by atoms with van der Waals surface area (Å²) >= 11 is 0. The first kappa shape index (κ1) is 21.5. The van der Waals surface area contributed by atoms with Crippen molar-refractivity contribution in [1.82, 2.24) is 5.32 Å². The topological polar surface area (TPSA) is 64.6 Å². The molecule has 1 amide bonds. The monoisotopic (exact) mass is 427 g/mol. The number of ether oxygens (including phenoxy) is 2. The summed E-state index contributed by atoms with van der Waals surface area (Å²) in [6.45, 7) is 0. The fraction of sp³-hybridized carbons (Fsp3) is 0.185. The van der Waals surface area contributed by atoms with Crippen molar-refractivity contribution in [1.29, 1.82) is 0 Å². The Bertz CT molecular complexity index is 1200. The van der Waals surface area contributed by atoms with Crippen molar-refractivity contribution >= 4 is 33.4 Å². The Labute approximate surface area is 187 Å². The molecule has 0 aliphatic carbocycles. The minimum Gasteiger partial charge on any atom is -0.467 e. The van der Waals surface area contributed by atoms with Crippen LogP contribution in [-0.4, -0.2) is 32.1 Å². The second kappa shape index (κ2) is 9.62. The van der Waals surface area contributed by atoms with E-state index in [-0.39, 0.29) is 0 Å². The van der Waals surface area contributed by atoms with Gasteiger partial charge in [-0.15, -0.1) is 0 Å². The number of nitrogens with one attached hydrogen (secondary N) is 1. The Morgan fingerprint density at radius 3 is 1.94 bits per heavy atom. The maximum Gasteiger partial charge on any atom is 0.328 e. The molecule has 0 aromatic heterocycles. The average molecular weight is 428 g/mol. The van der Waals surface area contributed by atoms with Gasteiger partial charge in [-0.3, -0.25) is 4.79 Å². The smallest absolute Gasteiger partial charge is 0.328 e. The largest absolute Gasteiger partial charge is 0.467 e. The number of benzene rings is 4. The summed E-state index contributed by atoms with van der Waals surface area (Å²) in [7, 11) is 2.80. The number of esters is 1. The molecule has 1 N–H and O–H groups in total. The quantitative estimate of drug-likeness (QED) is 0.346. The van der Waals surface area contributed by atoms with Crippen LogP contribution in [0.5, 0.6) is 0 Å². The third-order valence-electron chi connectivity index (χ3n) is 5.67. The Morgan fingerprint density at radius 2 is 1.38 bits per heavy atom. The van der Waals surface area contributed by atoms with Gasteiger partial charge in [0.2, 0.25) is 0 Å². The van der Waals surface area contributed by atoms with Crippen molar-refractivity contribution in [2.24, 2.45) is 0 Å². The molecule has 0 bridgehead atoms. The van der Waals surface area contributed by atoms with E-state index in [4.69, 9.17) is 9.47 Å². The van der Waals surface area contributed by atoms with E-state index < -0.39 is 24.0 Å². The maximum absolute atomic E-state index is 13.1. The summed E-state index contributed by atoms with van der Waals surface area (Å²) in [5.41, 5.74) is 1.70. The Kier molecular flexibility index (Phi) is 6.47. The number of methoxy groups -OCH3 is 2. The molecule has 0 fully saturated rings. The standard InChI is InChI=1S/C27H25NO4/c1-31-25(18-10-4-3-5-11-18)26(29)28-24(27(30)32-2)17-23-21-14-8-6-12-19(21)16-20-13-7-9-15-22(20)23/h3-16,24-25H,17H2,1-2H3,(H,28,29)/t24-,25-/m0/s1. The number of hydrogen-bond acceptors (Lipinski definition) is 4. The highest BCUT2D eigenvalue weighted by Crippen LogP contribution is 2.30. The van der Waals surface area contributed by atoms with Gasteiger partial charge in [0.25, 0.3) is 5.91 Å². The van der Waals surface area contributed by atoms with E-state index in [0.29, 0.717) is 12.0 Å². The lowest BCUT2D eigenvalue weighted by atomic mass is 9.92. The van der Waals surface area contributed by atoms with Crippen LogP contribution < -0.4 is 5.32 Å². The molecule has 162 valence electrons. The van der Waals surface area contributed by atoms with Crippen LogP contribution in [0.4, 0.5) is 0 Å². The second-order valence-electron chi connectivity index (χ2n) is 7.61. The highest BCUT2D eigenvalue weighted by molar-refractivity contribution is 6.02. The van der Waals surface area contributed by atoms with E-state index in [9.17, 15) is 9.59 Å². The second-order valence-corrected chi connectivity index (χ2v) is 7.61. The maximum atomic E-state index is 13.1. The molecule has 5 nitrogen and oxygen atoms in total. The summed E-state index contributed by atoms with van der Waals surface area (Å²) in [6.07, 6.45) is -0.529. The van der Waals surface area contributed by atoms with Crippen molar-refractivity contribution in [2.45, 2.75) is 18.6 Å². The van der Waals surface area contributed by atoms with E-state index in [1.165, 1.54) is 14.2 Å². The molecule has 0 unspecified atom stereocenters. The summed E-state index contributed by atoms with van der Waals surface area (Å²) in [5.74, 6) is -0.892. The molecular weight excluding hydrogens is 402 g/mol. The Morgan fingerprint density at radius 1 is 0.812 bits per heavy atom. The molecule has 0 saturated heterocycles. The zero-order valence-corrected chi connectivity index (χ0v) is 18.1. The van der Waals surface area contributed by atoms with E-state index in [1.54, 1.807) is 0 Å². The summed E-state index contributed by atoms with van der Waals surface area (Å²) in [5, 5.41) is 7.10. The van der Waals surface area contributed by atoms with Crippen LogP contribution in [0.3, 0.4) is 0 Å². The lowest BCUT2D eigenvalue weighted by Crippen LogP contribution is -2.45. The van der Waals surface area contributed by atoms with E-state index in [2.05, 4.69) is 11.4 Å². The molecular formula is C27H25NO4. The third-order valence-corrected chi connectivity index (χ3v) is 5.67. The number of hydrogen-bond donors (Lipinski definition) is 1. The van der Waals surface area contributed by atoms with Gasteiger partial charge < -0.3 is 14.8 Å². The van der Waals surface area contributed by atoms with Gasteiger partial charge in [0.1, 0.15) is 6.04 Å². The normalized spacial score (nSPS) is 12.9. The number of carbonyl (C=O) groups is 2. The predicted molar refractivity (Wildman–Crippen MR) is 125 cm³/mol.